The van der Waals surface area contributed by atoms with E-state index in [0.717, 1.165) is 25.4 Å². The molecule has 1 aromatic rings. The van der Waals surface area contributed by atoms with Gasteiger partial charge in [0.05, 0.1) is 6.61 Å². The Bertz CT molecular complexity index is 582. The third-order valence-electron chi connectivity index (χ3n) is 5.41. The van der Waals surface area contributed by atoms with Crippen molar-refractivity contribution in [2.75, 3.05) is 6.61 Å². The Labute approximate surface area is 157 Å². The highest BCUT2D eigenvalue weighted by molar-refractivity contribution is 7.27. The molecular weight excluding hydrogens is 323 g/mol. The van der Waals surface area contributed by atoms with E-state index in [9.17, 15) is 0 Å². The van der Waals surface area contributed by atoms with Crippen LogP contribution in [0.1, 0.15) is 63.5 Å². The fourth-order valence-corrected chi connectivity index (χ4v) is 4.40. The fraction of sp³-hybridized carbons (Fsp3) is 0.565. The van der Waals surface area contributed by atoms with Crippen LogP contribution in [0.3, 0.4) is 0 Å². The van der Waals surface area contributed by atoms with Crippen LogP contribution in [0, 0.1) is 18.8 Å². The lowest BCUT2D eigenvalue weighted by atomic mass is 9.82. The Kier molecular flexibility index (Phi) is 8.93. The molecular formula is C23H35OP. The molecule has 0 spiro atoms. The molecule has 0 saturated heterocycles. The number of benzene rings is 1. The summed E-state index contributed by atoms with van der Waals surface area (Å²) in [7, 11) is 2.83. The molecule has 2 atom stereocenters. The van der Waals surface area contributed by atoms with Crippen molar-refractivity contribution in [1.29, 1.82) is 0 Å². The van der Waals surface area contributed by atoms with Crippen LogP contribution in [0.2, 0.25) is 0 Å². The van der Waals surface area contributed by atoms with Crippen molar-refractivity contribution in [3.8, 4) is 0 Å². The molecule has 0 radical (unpaired) electrons. The quantitative estimate of drug-likeness (QED) is 0.293. The van der Waals surface area contributed by atoms with E-state index in [1.54, 1.807) is 0 Å². The largest absolute Gasteiger partial charge is 0.377 e. The highest BCUT2D eigenvalue weighted by atomic mass is 31.0. The minimum absolute atomic E-state index is 0.656. The summed E-state index contributed by atoms with van der Waals surface area (Å²) in [4.78, 5) is 0. The fourth-order valence-electron chi connectivity index (χ4n) is 3.96. The first-order valence-electron chi connectivity index (χ1n) is 9.91. The van der Waals surface area contributed by atoms with Gasteiger partial charge in [-0.25, -0.2) is 0 Å². The number of hydrogen-bond acceptors (Lipinski definition) is 1. The summed E-state index contributed by atoms with van der Waals surface area (Å²) in [5.41, 5.74) is 4.10. The highest BCUT2D eigenvalue weighted by Gasteiger charge is 2.26. The summed E-state index contributed by atoms with van der Waals surface area (Å²) in [6.07, 6.45) is 14.8. The first kappa shape index (κ1) is 20.4. The van der Waals surface area contributed by atoms with Gasteiger partial charge in [-0.05, 0) is 67.8 Å². The molecule has 1 aromatic carbocycles. The Morgan fingerprint density at radius 3 is 2.72 bits per heavy atom. The molecule has 1 aliphatic carbocycles. The van der Waals surface area contributed by atoms with E-state index in [-0.39, 0.29) is 0 Å². The molecule has 2 heteroatoms. The molecule has 1 nitrogen and oxygen atoms in total. The standard InChI is InChI=1S/C23H35OP/c1-4-6-9-19(5-2)22(20-10-7-8-11-20)14-15-24-17-21-13-12-18(3)16-23(21)25/h5-6,9,12-13,16,20,22H,4,7-8,10-11,14-15,17,25H2,1-3H3/b9-6-,19-5+. The van der Waals surface area contributed by atoms with Gasteiger partial charge in [-0.2, -0.15) is 0 Å². The molecule has 0 heterocycles. The van der Waals surface area contributed by atoms with Gasteiger partial charge in [0.25, 0.3) is 0 Å². The maximum absolute atomic E-state index is 6.06. The minimum Gasteiger partial charge on any atom is -0.377 e. The molecule has 0 aromatic heterocycles. The molecule has 0 amide bonds. The van der Waals surface area contributed by atoms with Crippen molar-refractivity contribution >= 4 is 14.5 Å². The van der Waals surface area contributed by atoms with Gasteiger partial charge in [0, 0.05) is 6.61 Å². The SMILES string of the molecule is C/C=C(\C=C/CC)C(CCOCc1ccc(C)cc1P)C1CCCC1. The molecule has 138 valence electrons. The molecule has 0 N–H and O–H groups in total. The summed E-state index contributed by atoms with van der Waals surface area (Å²) < 4.78 is 6.06. The summed E-state index contributed by atoms with van der Waals surface area (Å²) in [6.45, 7) is 8.08. The molecule has 25 heavy (non-hydrogen) atoms. The minimum atomic E-state index is 0.656. The Morgan fingerprint density at radius 2 is 2.08 bits per heavy atom. The third-order valence-corrected chi connectivity index (χ3v) is 5.95. The van der Waals surface area contributed by atoms with Crippen molar-refractivity contribution in [3.63, 3.8) is 0 Å². The van der Waals surface area contributed by atoms with Gasteiger partial charge in [-0.3, -0.25) is 0 Å². The van der Waals surface area contributed by atoms with E-state index >= 15 is 0 Å². The Balaban J connectivity index is 1.91. The normalized spacial score (nSPS) is 17.5. The van der Waals surface area contributed by atoms with E-state index in [0.29, 0.717) is 12.5 Å². The van der Waals surface area contributed by atoms with E-state index in [1.165, 1.54) is 47.7 Å². The van der Waals surface area contributed by atoms with Crippen molar-refractivity contribution in [2.24, 2.45) is 11.8 Å². The van der Waals surface area contributed by atoms with Crippen LogP contribution in [0.25, 0.3) is 0 Å². The zero-order valence-corrected chi connectivity index (χ0v) is 17.4. The van der Waals surface area contributed by atoms with Crippen molar-refractivity contribution in [1.82, 2.24) is 0 Å². The summed E-state index contributed by atoms with van der Waals surface area (Å²) >= 11 is 0. The van der Waals surface area contributed by atoms with Crippen molar-refractivity contribution in [2.45, 2.75) is 65.9 Å². The van der Waals surface area contributed by atoms with Crippen LogP contribution < -0.4 is 5.30 Å². The molecule has 2 rings (SSSR count). The van der Waals surface area contributed by atoms with Crippen LogP contribution in [-0.2, 0) is 11.3 Å². The predicted octanol–water partition coefficient (Wildman–Crippen LogP) is 6.12. The number of ether oxygens (including phenoxy) is 1. The smallest absolute Gasteiger partial charge is 0.0722 e. The summed E-state index contributed by atoms with van der Waals surface area (Å²) in [5.74, 6) is 1.50. The maximum atomic E-state index is 6.06. The number of rotatable bonds is 9. The molecule has 0 bridgehead atoms. The van der Waals surface area contributed by atoms with Gasteiger partial charge in [0.2, 0.25) is 0 Å². The Morgan fingerprint density at radius 1 is 1.32 bits per heavy atom. The second-order valence-electron chi connectivity index (χ2n) is 7.29. The molecule has 1 aliphatic rings. The topological polar surface area (TPSA) is 9.23 Å². The van der Waals surface area contributed by atoms with Gasteiger partial charge < -0.3 is 4.74 Å². The maximum Gasteiger partial charge on any atom is 0.0722 e. The lowest BCUT2D eigenvalue weighted by Crippen LogP contribution is -2.17. The second kappa shape index (κ2) is 10.9. The molecule has 2 unspecified atom stereocenters. The monoisotopic (exact) mass is 358 g/mol. The lowest BCUT2D eigenvalue weighted by Gasteiger charge is -2.25. The van der Waals surface area contributed by atoms with Crippen LogP contribution in [0.15, 0.2) is 42.0 Å². The van der Waals surface area contributed by atoms with Crippen LogP contribution in [-0.4, -0.2) is 6.61 Å². The number of allylic oxidation sites excluding steroid dienone is 4. The van der Waals surface area contributed by atoms with Crippen LogP contribution in [0.4, 0.5) is 0 Å². The van der Waals surface area contributed by atoms with Gasteiger partial charge in [-0.15, -0.1) is 9.24 Å². The summed E-state index contributed by atoms with van der Waals surface area (Å²) in [6, 6.07) is 6.56. The van der Waals surface area contributed by atoms with E-state index in [4.69, 9.17) is 4.74 Å². The van der Waals surface area contributed by atoms with Gasteiger partial charge in [0.15, 0.2) is 0 Å². The molecule has 1 saturated carbocycles. The van der Waals surface area contributed by atoms with Gasteiger partial charge >= 0.3 is 0 Å². The highest BCUT2D eigenvalue weighted by Crippen LogP contribution is 2.37. The van der Waals surface area contributed by atoms with Crippen LogP contribution >= 0.6 is 9.24 Å². The Hall–Kier alpha value is -0.910. The third kappa shape index (κ3) is 6.39. The first-order valence-corrected chi connectivity index (χ1v) is 10.5. The van der Waals surface area contributed by atoms with E-state index < -0.39 is 0 Å². The number of hydrogen-bond donors (Lipinski definition) is 0. The second-order valence-corrected chi connectivity index (χ2v) is 7.92. The average molecular weight is 359 g/mol. The predicted molar refractivity (Wildman–Crippen MR) is 113 cm³/mol. The average Bonchev–Trinajstić information content (AvgIpc) is 3.13. The molecule has 0 aliphatic heterocycles. The number of aryl methyl sites for hydroxylation is 1. The van der Waals surface area contributed by atoms with Crippen molar-refractivity contribution in [3.05, 3.63) is 53.1 Å². The zero-order chi connectivity index (χ0) is 18.1. The zero-order valence-electron chi connectivity index (χ0n) is 16.3. The first-order chi connectivity index (χ1) is 12.2. The van der Waals surface area contributed by atoms with E-state index in [1.807, 2.05) is 0 Å². The van der Waals surface area contributed by atoms with Crippen molar-refractivity contribution < 1.29 is 4.74 Å². The van der Waals surface area contributed by atoms with Gasteiger partial charge in [0.1, 0.15) is 0 Å². The van der Waals surface area contributed by atoms with Crippen LogP contribution in [0.5, 0.6) is 0 Å². The lowest BCUT2D eigenvalue weighted by molar-refractivity contribution is 0.105. The van der Waals surface area contributed by atoms with Gasteiger partial charge in [-0.1, -0.05) is 61.8 Å². The summed E-state index contributed by atoms with van der Waals surface area (Å²) in [5, 5.41) is 1.26. The molecule has 1 fully saturated rings. The van der Waals surface area contributed by atoms with E-state index in [2.05, 4.69) is 66.4 Å².